The van der Waals surface area contributed by atoms with Crippen LogP contribution >= 0.6 is 0 Å². The van der Waals surface area contributed by atoms with E-state index in [0.29, 0.717) is 6.54 Å². The fourth-order valence-electron chi connectivity index (χ4n) is 2.20. The van der Waals surface area contributed by atoms with Crippen LogP contribution in [0.25, 0.3) is 0 Å². The molecular weight excluding hydrogens is 296 g/mol. The lowest BCUT2D eigenvalue weighted by Gasteiger charge is -2.16. The van der Waals surface area contributed by atoms with Crippen LogP contribution in [0.15, 0.2) is 41.3 Å². The molecule has 23 heavy (non-hydrogen) atoms. The van der Waals surface area contributed by atoms with Crippen LogP contribution in [0.2, 0.25) is 0 Å². The Hall–Kier alpha value is -2.83. The summed E-state index contributed by atoms with van der Waals surface area (Å²) in [7, 11) is 4.63. The van der Waals surface area contributed by atoms with Gasteiger partial charge in [-0.05, 0) is 5.56 Å². The Morgan fingerprint density at radius 2 is 1.83 bits per heavy atom. The molecule has 0 fully saturated rings. The van der Waals surface area contributed by atoms with Crippen molar-refractivity contribution in [3.63, 3.8) is 0 Å². The van der Waals surface area contributed by atoms with Crippen LogP contribution in [0.5, 0.6) is 0 Å². The predicted molar refractivity (Wildman–Crippen MR) is 85.9 cm³/mol. The molecule has 1 heterocycles. The van der Waals surface area contributed by atoms with Gasteiger partial charge in [0, 0.05) is 33.9 Å². The van der Waals surface area contributed by atoms with Crippen LogP contribution in [0.1, 0.15) is 16.1 Å². The van der Waals surface area contributed by atoms with Crippen molar-refractivity contribution in [3.05, 3.63) is 58.3 Å². The third-order valence-corrected chi connectivity index (χ3v) is 3.55. The van der Waals surface area contributed by atoms with Gasteiger partial charge in [-0.1, -0.05) is 30.3 Å². The first-order valence-corrected chi connectivity index (χ1v) is 7.18. The highest BCUT2D eigenvalue weighted by molar-refractivity contribution is 5.94. The van der Waals surface area contributed by atoms with E-state index >= 15 is 0 Å². The molecule has 7 nitrogen and oxygen atoms in total. The van der Waals surface area contributed by atoms with Gasteiger partial charge in [-0.3, -0.25) is 14.2 Å². The second kappa shape index (κ2) is 6.95. The number of aryl methyl sites for hydroxylation is 1. The summed E-state index contributed by atoms with van der Waals surface area (Å²) in [6.07, 6.45) is 1.46. The van der Waals surface area contributed by atoms with Gasteiger partial charge in [0.2, 0.25) is 5.91 Å². The van der Waals surface area contributed by atoms with Crippen LogP contribution in [0.4, 0.5) is 0 Å². The Morgan fingerprint density at radius 1 is 1.17 bits per heavy atom. The minimum atomic E-state index is -0.375. The smallest absolute Gasteiger partial charge is 0.328 e. The number of hydrogen-bond acceptors (Lipinski definition) is 3. The molecule has 0 saturated heterocycles. The fourth-order valence-corrected chi connectivity index (χ4v) is 2.20. The Labute approximate surface area is 134 Å². The number of carbonyl (C=O) groups excluding carboxylic acids is 2. The minimum Gasteiger partial charge on any atom is -0.350 e. The van der Waals surface area contributed by atoms with Crippen LogP contribution in [0, 0.1) is 0 Å². The second-order valence-electron chi connectivity index (χ2n) is 5.39. The Morgan fingerprint density at radius 3 is 2.39 bits per heavy atom. The average molecular weight is 316 g/mol. The highest BCUT2D eigenvalue weighted by Gasteiger charge is 2.19. The molecule has 0 aliphatic heterocycles. The average Bonchev–Trinajstić information content (AvgIpc) is 2.80. The summed E-state index contributed by atoms with van der Waals surface area (Å²) >= 11 is 0. The van der Waals surface area contributed by atoms with Crippen molar-refractivity contribution in [2.75, 3.05) is 13.6 Å². The van der Waals surface area contributed by atoms with Crippen molar-refractivity contribution in [1.29, 1.82) is 0 Å². The van der Waals surface area contributed by atoms with Gasteiger partial charge in [0.15, 0.2) is 0 Å². The maximum atomic E-state index is 12.3. The fraction of sp³-hybridized carbons (Fsp3) is 0.312. The van der Waals surface area contributed by atoms with E-state index in [0.717, 1.165) is 5.56 Å². The third kappa shape index (κ3) is 3.88. The number of hydrogen-bond donors (Lipinski definition) is 1. The number of benzene rings is 1. The topological polar surface area (TPSA) is 76.3 Å². The molecule has 0 atom stereocenters. The minimum absolute atomic E-state index is 0.0747. The van der Waals surface area contributed by atoms with Gasteiger partial charge in [-0.25, -0.2) is 4.79 Å². The van der Waals surface area contributed by atoms with E-state index in [-0.39, 0.29) is 29.7 Å². The first-order chi connectivity index (χ1) is 10.9. The van der Waals surface area contributed by atoms with Gasteiger partial charge in [-0.2, -0.15) is 0 Å². The lowest BCUT2D eigenvalue weighted by Crippen LogP contribution is -2.39. The zero-order valence-electron chi connectivity index (χ0n) is 13.4. The molecule has 0 bridgehead atoms. The molecule has 2 aromatic rings. The highest BCUT2D eigenvalue weighted by Crippen LogP contribution is 2.01. The molecule has 122 valence electrons. The van der Waals surface area contributed by atoms with Gasteiger partial charge in [0.1, 0.15) is 5.69 Å². The number of nitrogens with one attached hydrogen (secondary N) is 1. The molecule has 1 aromatic heterocycles. The quantitative estimate of drug-likeness (QED) is 0.851. The van der Waals surface area contributed by atoms with Crippen LogP contribution < -0.4 is 11.0 Å². The van der Waals surface area contributed by atoms with Crippen molar-refractivity contribution in [2.45, 2.75) is 6.54 Å². The Bertz CT molecular complexity index is 761. The summed E-state index contributed by atoms with van der Waals surface area (Å²) in [6, 6.07) is 9.52. The van der Waals surface area contributed by atoms with E-state index < -0.39 is 0 Å². The van der Waals surface area contributed by atoms with Crippen LogP contribution in [-0.4, -0.2) is 39.4 Å². The zero-order valence-corrected chi connectivity index (χ0v) is 13.4. The molecule has 2 amide bonds. The van der Waals surface area contributed by atoms with E-state index in [1.54, 1.807) is 7.05 Å². The molecule has 0 saturated carbocycles. The molecule has 2 rings (SSSR count). The molecule has 0 unspecified atom stereocenters. The van der Waals surface area contributed by atoms with Crippen LogP contribution in [0.3, 0.4) is 0 Å². The third-order valence-electron chi connectivity index (χ3n) is 3.55. The van der Waals surface area contributed by atoms with Crippen molar-refractivity contribution in [2.24, 2.45) is 14.1 Å². The number of likely N-dealkylation sites (N-methyl/N-ethyl adjacent to an activating group) is 1. The SMILES string of the molecule is CN(CC(=O)NCc1ccccc1)C(=O)c1cn(C)c(=O)n1C. The number of aromatic nitrogens is 2. The van der Waals surface area contributed by atoms with Crippen molar-refractivity contribution >= 4 is 11.8 Å². The molecule has 0 spiro atoms. The number of carbonyl (C=O) groups is 2. The van der Waals surface area contributed by atoms with Gasteiger partial charge in [0.05, 0.1) is 6.54 Å². The molecular formula is C16H20N4O3. The monoisotopic (exact) mass is 316 g/mol. The number of rotatable bonds is 5. The largest absolute Gasteiger partial charge is 0.350 e. The van der Waals surface area contributed by atoms with Gasteiger partial charge >= 0.3 is 5.69 Å². The summed E-state index contributed by atoms with van der Waals surface area (Å²) in [5.74, 6) is -0.634. The number of imidazole rings is 1. The molecule has 1 N–H and O–H groups in total. The lowest BCUT2D eigenvalue weighted by atomic mass is 10.2. The second-order valence-corrected chi connectivity index (χ2v) is 5.39. The van der Waals surface area contributed by atoms with E-state index in [4.69, 9.17) is 0 Å². The maximum absolute atomic E-state index is 12.3. The first-order valence-electron chi connectivity index (χ1n) is 7.18. The first kappa shape index (κ1) is 16.5. The van der Waals surface area contributed by atoms with E-state index in [1.165, 1.54) is 34.3 Å². The summed E-state index contributed by atoms with van der Waals surface area (Å²) in [4.78, 5) is 37.2. The van der Waals surface area contributed by atoms with E-state index in [2.05, 4.69) is 5.32 Å². The van der Waals surface area contributed by atoms with E-state index in [9.17, 15) is 14.4 Å². The van der Waals surface area contributed by atoms with Crippen molar-refractivity contribution < 1.29 is 9.59 Å². The summed E-state index contributed by atoms with van der Waals surface area (Å²) in [5, 5.41) is 2.76. The molecule has 0 radical (unpaired) electrons. The Balaban J connectivity index is 1.94. The Kier molecular flexibility index (Phi) is 5.00. The zero-order chi connectivity index (χ0) is 17.0. The molecule has 1 aromatic carbocycles. The predicted octanol–water partition coefficient (Wildman–Crippen LogP) is 0.112. The molecule has 7 heteroatoms. The van der Waals surface area contributed by atoms with Crippen molar-refractivity contribution in [1.82, 2.24) is 19.4 Å². The highest BCUT2D eigenvalue weighted by atomic mass is 16.2. The number of amides is 2. The van der Waals surface area contributed by atoms with Gasteiger partial charge < -0.3 is 14.8 Å². The summed E-state index contributed by atoms with van der Waals surface area (Å²) in [5.41, 5.74) is 0.950. The van der Waals surface area contributed by atoms with Crippen molar-refractivity contribution in [3.8, 4) is 0 Å². The van der Waals surface area contributed by atoms with Gasteiger partial charge in [-0.15, -0.1) is 0 Å². The summed E-state index contributed by atoms with van der Waals surface area (Å²) in [6.45, 7) is 0.334. The molecule has 0 aliphatic carbocycles. The van der Waals surface area contributed by atoms with Gasteiger partial charge in [0.25, 0.3) is 5.91 Å². The van der Waals surface area contributed by atoms with Crippen LogP contribution in [-0.2, 0) is 25.4 Å². The standard InChI is InChI=1S/C16H20N4O3/c1-18(15(22)13-10-19(2)16(23)20(13)3)11-14(21)17-9-12-7-5-4-6-8-12/h4-8,10H,9,11H2,1-3H3,(H,17,21). The maximum Gasteiger partial charge on any atom is 0.328 e. The van der Waals surface area contributed by atoms with E-state index in [1.807, 2.05) is 30.3 Å². The lowest BCUT2D eigenvalue weighted by molar-refractivity contribution is -0.121. The normalized spacial score (nSPS) is 10.4. The molecule has 0 aliphatic rings. The summed E-state index contributed by atoms with van der Waals surface area (Å²) < 4.78 is 2.59. The number of nitrogens with zero attached hydrogens (tertiary/aromatic N) is 3.